The highest BCUT2D eigenvalue weighted by Gasteiger charge is 2.08. The Balaban J connectivity index is 2.13. The Morgan fingerprint density at radius 1 is 1.21 bits per heavy atom. The predicted molar refractivity (Wildman–Crippen MR) is 80.4 cm³/mol. The molecule has 0 amide bonds. The lowest BCUT2D eigenvalue weighted by atomic mass is 10.1. The van der Waals surface area contributed by atoms with Crippen LogP contribution >= 0.6 is 0 Å². The Morgan fingerprint density at radius 2 is 2.05 bits per heavy atom. The SMILES string of the molecule is CN(CCCCCO)c1ccc2cnccc2c1N. The molecule has 1 aromatic heterocycles. The van der Waals surface area contributed by atoms with Crippen LogP contribution in [0, 0.1) is 0 Å². The Labute approximate surface area is 113 Å². The van der Waals surface area contributed by atoms with Gasteiger partial charge in [-0.25, -0.2) is 0 Å². The van der Waals surface area contributed by atoms with Crippen LogP contribution in [0.2, 0.25) is 0 Å². The van der Waals surface area contributed by atoms with Gasteiger partial charge >= 0.3 is 0 Å². The van der Waals surface area contributed by atoms with Crippen molar-refractivity contribution >= 4 is 22.1 Å². The van der Waals surface area contributed by atoms with Crippen LogP contribution in [0.1, 0.15) is 19.3 Å². The lowest BCUT2D eigenvalue weighted by Crippen LogP contribution is -2.19. The molecule has 3 N–H and O–H groups in total. The summed E-state index contributed by atoms with van der Waals surface area (Å²) in [6.07, 6.45) is 6.57. The maximum atomic E-state index is 8.77. The maximum Gasteiger partial charge on any atom is 0.0632 e. The topological polar surface area (TPSA) is 62.4 Å². The smallest absolute Gasteiger partial charge is 0.0632 e. The van der Waals surface area contributed by atoms with E-state index in [0.717, 1.165) is 48.0 Å². The Hall–Kier alpha value is -1.81. The summed E-state index contributed by atoms with van der Waals surface area (Å²) < 4.78 is 0. The van der Waals surface area contributed by atoms with Gasteiger partial charge in [-0.3, -0.25) is 4.98 Å². The van der Waals surface area contributed by atoms with Crippen molar-refractivity contribution in [3.8, 4) is 0 Å². The fourth-order valence-electron chi connectivity index (χ4n) is 2.27. The van der Waals surface area contributed by atoms with Crippen molar-refractivity contribution in [1.29, 1.82) is 0 Å². The van der Waals surface area contributed by atoms with Crippen molar-refractivity contribution in [2.75, 3.05) is 30.8 Å². The zero-order valence-electron chi connectivity index (χ0n) is 11.3. The summed E-state index contributed by atoms with van der Waals surface area (Å²) in [5.74, 6) is 0. The number of unbranched alkanes of at least 4 members (excludes halogenated alkanes) is 2. The molecule has 0 spiro atoms. The molecule has 0 unspecified atom stereocenters. The van der Waals surface area contributed by atoms with E-state index < -0.39 is 0 Å². The summed E-state index contributed by atoms with van der Waals surface area (Å²) in [7, 11) is 2.05. The van der Waals surface area contributed by atoms with Gasteiger partial charge in [-0.05, 0) is 31.4 Å². The molecule has 0 radical (unpaired) electrons. The van der Waals surface area contributed by atoms with Crippen LogP contribution in [-0.2, 0) is 0 Å². The minimum atomic E-state index is 0.273. The van der Waals surface area contributed by atoms with Crippen LogP contribution in [0.25, 0.3) is 10.8 Å². The van der Waals surface area contributed by atoms with Crippen molar-refractivity contribution in [3.63, 3.8) is 0 Å². The van der Waals surface area contributed by atoms with Gasteiger partial charge in [-0.1, -0.05) is 6.07 Å². The molecule has 19 heavy (non-hydrogen) atoms. The zero-order valence-corrected chi connectivity index (χ0v) is 11.3. The first-order valence-corrected chi connectivity index (χ1v) is 6.68. The van der Waals surface area contributed by atoms with Gasteiger partial charge in [-0.2, -0.15) is 0 Å². The lowest BCUT2D eigenvalue weighted by Gasteiger charge is -2.22. The van der Waals surface area contributed by atoms with E-state index in [1.54, 1.807) is 6.20 Å². The van der Waals surface area contributed by atoms with Crippen LogP contribution in [0.5, 0.6) is 0 Å². The number of fused-ring (bicyclic) bond motifs is 1. The van der Waals surface area contributed by atoms with Crippen LogP contribution < -0.4 is 10.6 Å². The number of aliphatic hydroxyl groups excluding tert-OH is 1. The number of nitrogens with two attached hydrogens (primary N) is 1. The summed E-state index contributed by atoms with van der Waals surface area (Å²) in [5, 5.41) is 10.9. The van der Waals surface area contributed by atoms with Crippen molar-refractivity contribution in [2.45, 2.75) is 19.3 Å². The standard InChI is InChI=1S/C15H21N3O/c1-18(9-3-2-4-10-19)14-6-5-12-11-17-8-7-13(12)15(14)16/h5-8,11,19H,2-4,9-10,16H2,1H3. The van der Waals surface area contributed by atoms with E-state index in [4.69, 9.17) is 10.8 Å². The highest BCUT2D eigenvalue weighted by molar-refractivity contribution is 5.98. The molecule has 2 aromatic rings. The Morgan fingerprint density at radius 3 is 2.84 bits per heavy atom. The van der Waals surface area contributed by atoms with Gasteiger partial charge in [0, 0.05) is 43.4 Å². The molecule has 0 atom stereocenters. The van der Waals surface area contributed by atoms with E-state index >= 15 is 0 Å². The molecule has 4 heteroatoms. The number of benzene rings is 1. The van der Waals surface area contributed by atoms with Gasteiger partial charge in [0.2, 0.25) is 0 Å². The van der Waals surface area contributed by atoms with Crippen LogP contribution in [0.4, 0.5) is 11.4 Å². The molecular formula is C15H21N3O. The number of anilines is 2. The third-order valence-electron chi connectivity index (χ3n) is 3.40. The molecule has 0 fully saturated rings. The molecule has 1 heterocycles. The van der Waals surface area contributed by atoms with E-state index in [-0.39, 0.29) is 6.61 Å². The molecular weight excluding hydrogens is 238 g/mol. The van der Waals surface area contributed by atoms with Gasteiger partial charge < -0.3 is 15.7 Å². The number of hydrogen-bond acceptors (Lipinski definition) is 4. The highest BCUT2D eigenvalue weighted by Crippen LogP contribution is 2.30. The second-order valence-electron chi connectivity index (χ2n) is 4.80. The largest absolute Gasteiger partial charge is 0.397 e. The summed E-state index contributed by atoms with van der Waals surface area (Å²) in [5.41, 5.74) is 8.11. The minimum absolute atomic E-state index is 0.273. The van der Waals surface area contributed by atoms with Crippen molar-refractivity contribution in [3.05, 3.63) is 30.6 Å². The van der Waals surface area contributed by atoms with Crippen LogP contribution in [0.15, 0.2) is 30.6 Å². The van der Waals surface area contributed by atoms with Gasteiger partial charge in [0.15, 0.2) is 0 Å². The third kappa shape index (κ3) is 3.15. The van der Waals surface area contributed by atoms with E-state index in [1.165, 1.54) is 0 Å². The first-order chi connectivity index (χ1) is 9.24. The van der Waals surface area contributed by atoms with Crippen LogP contribution in [0.3, 0.4) is 0 Å². The molecule has 102 valence electrons. The molecule has 0 aliphatic carbocycles. The van der Waals surface area contributed by atoms with E-state index in [0.29, 0.717) is 0 Å². The number of aromatic nitrogens is 1. The minimum Gasteiger partial charge on any atom is -0.397 e. The number of hydrogen-bond donors (Lipinski definition) is 2. The van der Waals surface area contributed by atoms with Gasteiger partial charge in [0.25, 0.3) is 0 Å². The van der Waals surface area contributed by atoms with Crippen molar-refractivity contribution < 1.29 is 5.11 Å². The molecule has 1 aromatic carbocycles. The average molecular weight is 259 g/mol. The third-order valence-corrected chi connectivity index (χ3v) is 3.40. The average Bonchev–Trinajstić information content (AvgIpc) is 2.44. The fraction of sp³-hybridized carbons (Fsp3) is 0.400. The second-order valence-corrected chi connectivity index (χ2v) is 4.80. The van der Waals surface area contributed by atoms with E-state index in [2.05, 4.69) is 23.0 Å². The molecule has 0 aliphatic heterocycles. The quantitative estimate of drug-likeness (QED) is 0.618. The second kappa shape index (κ2) is 6.38. The van der Waals surface area contributed by atoms with E-state index in [1.807, 2.05) is 18.3 Å². The summed E-state index contributed by atoms with van der Waals surface area (Å²) in [4.78, 5) is 6.28. The van der Waals surface area contributed by atoms with Gasteiger partial charge in [-0.15, -0.1) is 0 Å². The molecule has 0 saturated heterocycles. The molecule has 4 nitrogen and oxygen atoms in total. The number of aliphatic hydroxyl groups is 1. The first-order valence-electron chi connectivity index (χ1n) is 6.68. The number of nitrogen functional groups attached to an aromatic ring is 1. The van der Waals surface area contributed by atoms with Gasteiger partial charge in [0.1, 0.15) is 0 Å². The fourth-order valence-corrected chi connectivity index (χ4v) is 2.27. The zero-order chi connectivity index (χ0) is 13.7. The molecule has 2 rings (SSSR count). The number of pyridine rings is 1. The Kier molecular flexibility index (Phi) is 4.58. The normalized spacial score (nSPS) is 10.8. The summed E-state index contributed by atoms with van der Waals surface area (Å²) >= 11 is 0. The lowest BCUT2D eigenvalue weighted by molar-refractivity contribution is 0.283. The molecule has 0 bridgehead atoms. The maximum absolute atomic E-state index is 8.77. The monoisotopic (exact) mass is 259 g/mol. The van der Waals surface area contributed by atoms with Crippen molar-refractivity contribution in [1.82, 2.24) is 4.98 Å². The van der Waals surface area contributed by atoms with E-state index in [9.17, 15) is 0 Å². The van der Waals surface area contributed by atoms with Crippen molar-refractivity contribution in [2.24, 2.45) is 0 Å². The highest BCUT2D eigenvalue weighted by atomic mass is 16.2. The summed E-state index contributed by atoms with van der Waals surface area (Å²) in [6.45, 7) is 1.22. The molecule has 0 aliphatic rings. The number of nitrogens with zero attached hydrogens (tertiary/aromatic N) is 2. The summed E-state index contributed by atoms with van der Waals surface area (Å²) in [6, 6.07) is 6.05. The Bertz CT molecular complexity index is 542. The van der Waals surface area contributed by atoms with Gasteiger partial charge in [0.05, 0.1) is 11.4 Å². The first kappa shape index (κ1) is 13.6. The molecule has 0 saturated carbocycles. The van der Waals surface area contributed by atoms with Crippen LogP contribution in [-0.4, -0.2) is 30.3 Å². The number of rotatable bonds is 6. The predicted octanol–water partition coefficient (Wildman–Crippen LogP) is 2.42.